The van der Waals surface area contributed by atoms with Crippen molar-refractivity contribution in [1.82, 2.24) is 5.32 Å². The van der Waals surface area contributed by atoms with E-state index in [-0.39, 0.29) is 6.04 Å². The van der Waals surface area contributed by atoms with Crippen LogP contribution in [0.25, 0.3) is 0 Å². The van der Waals surface area contributed by atoms with Crippen molar-refractivity contribution in [3.05, 3.63) is 64.2 Å². The lowest BCUT2D eigenvalue weighted by molar-refractivity contribution is 0.414. The summed E-state index contributed by atoms with van der Waals surface area (Å²) in [5.41, 5.74) is 6.53. The Labute approximate surface area is 128 Å². The Morgan fingerprint density at radius 1 is 0.952 bits per heavy atom. The van der Waals surface area contributed by atoms with Gasteiger partial charge in [0.05, 0.1) is 13.2 Å². The van der Waals surface area contributed by atoms with Gasteiger partial charge in [0, 0.05) is 0 Å². The number of nitrogens with one attached hydrogen (secondary N) is 1. The predicted octanol–water partition coefficient (Wildman–Crippen LogP) is 4.32. The third-order valence-electron chi connectivity index (χ3n) is 3.94. The first-order chi connectivity index (χ1) is 10.1. The summed E-state index contributed by atoms with van der Waals surface area (Å²) in [5.74, 6) is 0.910. The van der Waals surface area contributed by atoms with Gasteiger partial charge in [-0.05, 0) is 61.7 Å². The fourth-order valence-electron chi connectivity index (χ4n) is 2.76. The normalized spacial score (nSPS) is 12.2. The van der Waals surface area contributed by atoms with Gasteiger partial charge in [0.2, 0.25) is 0 Å². The SMILES string of the molecule is CCNC(c1ccc(OC)cc1C)c1cc(C)ccc1C. The number of ether oxygens (including phenoxy) is 1. The smallest absolute Gasteiger partial charge is 0.119 e. The largest absolute Gasteiger partial charge is 0.497 e. The van der Waals surface area contributed by atoms with E-state index in [0.29, 0.717) is 0 Å². The lowest BCUT2D eigenvalue weighted by Crippen LogP contribution is -2.23. The third-order valence-corrected chi connectivity index (χ3v) is 3.94. The van der Waals surface area contributed by atoms with Gasteiger partial charge < -0.3 is 10.1 Å². The van der Waals surface area contributed by atoms with Gasteiger partial charge in [0.1, 0.15) is 5.75 Å². The molecule has 0 heterocycles. The molecule has 2 heteroatoms. The van der Waals surface area contributed by atoms with Crippen LogP contribution in [0.1, 0.15) is 40.8 Å². The highest BCUT2D eigenvalue weighted by Crippen LogP contribution is 2.30. The van der Waals surface area contributed by atoms with Gasteiger partial charge >= 0.3 is 0 Å². The van der Waals surface area contributed by atoms with Gasteiger partial charge in [-0.15, -0.1) is 0 Å². The van der Waals surface area contributed by atoms with Gasteiger partial charge in [-0.2, -0.15) is 0 Å². The molecule has 0 aliphatic heterocycles. The summed E-state index contributed by atoms with van der Waals surface area (Å²) in [7, 11) is 1.71. The molecule has 0 aliphatic carbocycles. The zero-order chi connectivity index (χ0) is 15.4. The number of hydrogen-bond acceptors (Lipinski definition) is 2. The van der Waals surface area contributed by atoms with Crippen molar-refractivity contribution in [2.24, 2.45) is 0 Å². The Morgan fingerprint density at radius 3 is 2.33 bits per heavy atom. The molecule has 0 saturated carbocycles. The average Bonchev–Trinajstić information content (AvgIpc) is 2.48. The minimum absolute atomic E-state index is 0.223. The molecule has 112 valence electrons. The summed E-state index contributed by atoms with van der Waals surface area (Å²) < 4.78 is 5.32. The van der Waals surface area contributed by atoms with Crippen LogP contribution in [0.2, 0.25) is 0 Å². The molecule has 2 aromatic carbocycles. The van der Waals surface area contributed by atoms with Gasteiger partial charge in [0.15, 0.2) is 0 Å². The second kappa shape index (κ2) is 6.77. The summed E-state index contributed by atoms with van der Waals surface area (Å²) in [6, 6.07) is 13.2. The standard InChI is InChI=1S/C19H25NO/c1-6-20-19(18-11-13(2)7-8-14(18)3)17-10-9-16(21-5)12-15(17)4/h7-12,19-20H,6H2,1-5H3. The van der Waals surface area contributed by atoms with E-state index in [4.69, 9.17) is 4.74 Å². The highest BCUT2D eigenvalue weighted by molar-refractivity contribution is 5.44. The average molecular weight is 283 g/mol. The van der Waals surface area contributed by atoms with Crippen LogP contribution in [0.3, 0.4) is 0 Å². The molecule has 0 aliphatic rings. The maximum absolute atomic E-state index is 5.32. The maximum atomic E-state index is 5.32. The number of hydrogen-bond donors (Lipinski definition) is 1. The molecule has 0 saturated heterocycles. The van der Waals surface area contributed by atoms with Crippen LogP contribution < -0.4 is 10.1 Å². The zero-order valence-electron chi connectivity index (χ0n) is 13.7. The minimum atomic E-state index is 0.223. The van der Waals surface area contributed by atoms with Crippen LogP contribution >= 0.6 is 0 Å². The highest BCUT2D eigenvalue weighted by atomic mass is 16.5. The Kier molecular flexibility index (Phi) is 5.03. The summed E-state index contributed by atoms with van der Waals surface area (Å²) >= 11 is 0. The molecule has 0 radical (unpaired) electrons. The molecule has 2 nitrogen and oxygen atoms in total. The van der Waals surface area contributed by atoms with Crippen molar-refractivity contribution in [1.29, 1.82) is 0 Å². The number of aryl methyl sites for hydroxylation is 3. The zero-order valence-corrected chi connectivity index (χ0v) is 13.7. The molecule has 21 heavy (non-hydrogen) atoms. The molecule has 0 aromatic heterocycles. The Balaban J connectivity index is 2.50. The number of benzene rings is 2. The fourth-order valence-corrected chi connectivity index (χ4v) is 2.76. The van der Waals surface area contributed by atoms with E-state index in [1.807, 2.05) is 6.07 Å². The van der Waals surface area contributed by atoms with Gasteiger partial charge in [-0.3, -0.25) is 0 Å². The summed E-state index contributed by atoms with van der Waals surface area (Å²) in [6.45, 7) is 9.55. The molecule has 1 unspecified atom stereocenters. The topological polar surface area (TPSA) is 21.3 Å². The molecule has 2 aromatic rings. The van der Waals surface area contributed by atoms with Gasteiger partial charge in [0.25, 0.3) is 0 Å². The molecular formula is C19H25NO. The van der Waals surface area contributed by atoms with Crippen molar-refractivity contribution in [3.8, 4) is 5.75 Å². The predicted molar refractivity (Wildman–Crippen MR) is 89.2 cm³/mol. The first-order valence-electron chi connectivity index (χ1n) is 7.52. The summed E-state index contributed by atoms with van der Waals surface area (Å²) in [4.78, 5) is 0. The molecule has 0 spiro atoms. The van der Waals surface area contributed by atoms with E-state index in [9.17, 15) is 0 Å². The first kappa shape index (κ1) is 15.6. The first-order valence-corrected chi connectivity index (χ1v) is 7.52. The van der Waals surface area contributed by atoms with Crippen molar-refractivity contribution < 1.29 is 4.74 Å². The minimum Gasteiger partial charge on any atom is -0.497 e. The Morgan fingerprint density at radius 2 is 1.71 bits per heavy atom. The van der Waals surface area contributed by atoms with Crippen LogP contribution in [0, 0.1) is 20.8 Å². The second-order valence-corrected chi connectivity index (χ2v) is 5.57. The summed E-state index contributed by atoms with van der Waals surface area (Å²) in [5, 5.41) is 3.62. The van der Waals surface area contributed by atoms with Gasteiger partial charge in [-0.25, -0.2) is 0 Å². The molecule has 2 rings (SSSR count). The van der Waals surface area contributed by atoms with Crippen molar-refractivity contribution in [2.45, 2.75) is 33.7 Å². The molecule has 0 amide bonds. The van der Waals surface area contributed by atoms with E-state index in [1.54, 1.807) is 7.11 Å². The Bertz CT molecular complexity index is 619. The molecule has 0 fully saturated rings. The monoisotopic (exact) mass is 283 g/mol. The van der Waals surface area contributed by atoms with Crippen LogP contribution in [0.5, 0.6) is 5.75 Å². The second-order valence-electron chi connectivity index (χ2n) is 5.57. The quantitative estimate of drug-likeness (QED) is 0.882. The fraction of sp³-hybridized carbons (Fsp3) is 0.368. The van der Waals surface area contributed by atoms with Crippen molar-refractivity contribution in [2.75, 3.05) is 13.7 Å². The highest BCUT2D eigenvalue weighted by Gasteiger charge is 2.17. The third kappa shape index (κ3) is 3.45. The van der Waals surface area contributed by atoms with E-state index in [1.165, 1.54) is 27.8 Å². The lowest BCUT2D eigenvalue weighted by atomic mass is 9.91. The molecular weight excluding hydrogens is 258 g/mol. The summed E-state index contributed by atoms with van der Waals surface area (Å²) in [6.07, 6.45) is 0. The van der Waals surface area contributed by atoms with E-state index in [2.05, 4.69) is 63.3 Å². The maximum Gasteiger partial charge on any atom is 0.119 e. The Hall–Kier alpha value is -1.80. The van der Waals surface area contributed by atoms with Crippen LogP contribution in [-0.4, -0.2) is 13.7 Å². The number of rotatable bonds is 5. The van der Waals surface area contributed by atoms with E-state index < -0.39 is 0 Å². The van der Waals surface area contributed by atoms with E-state index in [0.717, 1.165) is 12.3 Å². The van der Waals surface area contributed by atoms with Crippen LogP contribution in [-0.2, 0) is 0 Å². The van der Waals surface area contributed by atoms with Crippen molar-refractivity contribution in [3.63, 3.8) is 0 Å². The molecule has 0 bridgehead atoms. The van der Waals surface area contributed by atoms with Crippen LogP contribution in [0.15, 0.2) is 36.4 Å². The molecule has 1 atom stereocenters. The number of methoxy groups -OCH3 is 1. The van der Waals surface area contributed by atoms with Crippen LogP contribution in [0.4, 0.5) is 0 Å². The molecule has 1 N–H and O–H groups in total. The lowest BCUT2D eigenvalue weighted by Gasteiger charge is -2.23. The van der Waals surface area contributed by atoms with Gasteiger partial charge in [-0.1, -0.05) is 36.8 Å². The van der Waals surface area contributed by atoms with E-state index >= 15 is 0 Å². The van der Waals surface area contributed by atoms with Crippen molar-refractivity contribution >= 4 is 0 Å².